The quantitative estimate of drug-likeness (QED) is 0.889. The predicted molar refractivity (Wildman–Crippen MR) is 71.6 cm³/mol. The Hall–Kier alpha value is -0.280. The van der Waals surface area contributed by atoms with Gasteiger partial charge in [-0.25, -0.2) is 0 Å². The Kier molecular flexibility index (Phi) is 3.31. The maximum atomic E-state index is 6.02. The Bertz CT molecular complexity index is 390. The molecule has 2 aliphatic heterocycles. The number of benzene rings is 1. The van der Waals surface area contributed by atoms with Gasteiger partial charge >= 0.3 is 0 Å². The van der Waals surface area contributed by atoms with Crippen molar-refractivity contribution in [1.82, 2.24) is 10.2 Å². The summed E-state index contributed by atoms with van der Waals surface area (Å²) in [5, 5.41) is 4.92. The topological polar surface area (TPSA) is 15.3 Å². The summed E-state index contributed by atoms with van der Waals surface area (Å²) in [5.74, 6) is 1.68. The first-order chi connectivity index (χ1) is 8.20. The second-order valence-corrected chi connectivity index (χ2v) is 6.02. The molecule has 2 saturated heterocycles. The molecule has 2 atom stereocenters. The van der Waals surface area contributed by atoms with E-state index >= 15 is 0 Å². The summed E-state index contributed by atoms with van der Waals surface area (Å²) in [6, 6.07) is 5.81. The molecule has 0 radical (unpaired) electrons. The van der Waals surface area contributed by atoms with Gasteiger partial charge in [-0.2, -0.15) is 0 Å². The van der Waals surface area contributed by atoms with Gasteiger partial charge in [0.05, 0.1) is 0 Å². The second-order valence-electron chi connectivity index (χ2n) is 5.15. The molecule has 0 saturated carbocycles. The minimum atomic E-state index is 0.730. The number of nitrogens with one attached hydrogen (secondary N) is 1. The first-order valence-corrected chi connectivity index (χ1v) is 6.84. The Balaban J connectivity index is 1.67. The molecule has 0 aromatic heterocycles. The summed E-state index contributed by atoms with van der Waals surface area (Å²) in [6.45, 7) is 5.71. The van der Waals surface area contributed by atoms with Gasteiger partial charge in [-0.1, -0.05) is 23.2 Å². The van der Waals surface area contributed by atoms with Gasteiger partial charge in [0.15, 0.2) is 0 Å². The van der Waals surface area contributed by atoms with Crippen molar-refractivity contribution < 1.29 is 0 Å². The monoisotopic (exact) mass is 270 g/mol. The normalized spacial score (nSPS) is 28.6. The van der Waals surface area contributed by atoms with Crippen LogP contribution in [0.3, 0.4) is 0 Å². The van der Waals surface area contributed by atoms with Crippen molar-refractivity contribution in [2.75, 3.05) is 26.2 Å². The molecule has 2 nitrogen and oxygen atoms in total. The first kappa shape index (κ1) is 11.8. The van der Waals surface area contributed by atoms with Crippen molar-refractivity contribution in [3.8, 4) is 0 Å². The Labute approximate surface area is 112 Å². The van der Waals surface area contributed by atoms with Crippen LogP contribution in [0.1, 0.15) is 5.56 Å². The summed E-state index contributed by atoms with van der Waals surface area (Å²) in [5.41, 5.74) is 1.22. The summed E-state index contributed by atoms with van der Waals surface area (Å²) in [4.78, 5) is 2.51. The smallest absolute Gasteiger partial charge is 0.0424 e. The Morgan fingerprint density at radius 2 is 1.65 bits per heavy atom. The highest BCUT2D eigenvalue weighted by molar-refractivity contribution is 6.34. The number of hydrogen-bond donors (Lipinski definition) is 1. The van der Waals surface area contributed by atoms with Crippen molar-refractivity contribution in [2.24, 2.45) is 11.8 Å². The van der Waals surface area contributed by atoms with Crippen LogP contribution < -0.4 is 5.32 Å². The van der Waals surface area contributed by atoms with E-state index in [1.54, 1.807) is 6.07 Å². The van der Waals surface area contributed by atoms with Crippen molar-refractivity contribution >= 4 is 23.2 Å². The molecule has 0 spiro atoms. The largest absolute Gasteiger partial charge is 0.316 e. The van der Waals surface area contributed by atoms with Gasteiger partial charge < -0.3 is 5.32 Å². The molecule has 2 aliphatic rings. The fourth-order valence-corrected chi connectivity index (χ4v) is 3.61. The van der Waals surface area contributed by atoms with Crippen molar-refractivity contribution in [3.63, 3.8) is 0 Å². The van der Waals surface area contributed by atoms with E-state index in [4.69, 9.17) is 23.2 Å². The van der Waals surface area contributed by atoms with Gasteiger partial charge in [0.25, 0.3) is 0 Å². The lowest BCUT2D eigenvalue weighted by molar-refractivity contribution is 0.305. The van der Waals surface area contributed by atoms with Gasteiger partial charge in [0.2, 0.25) is 0 Å². The predicted octanol–water partition coefficient (Wildman–Crippen LogP) is 2.64. The van der Waals surface area contributed by atoms with Crippen LogP contribution in [0.2, 0.25) is 10.0 Å². The molecular formula is C13H16Cl2N2. The van der Waals surface area contributed by atoms with Crippen LogP contribution >= 0.6 is 23.2 Å². The summed E-state index contributed by atoms with van der Waals surface area (Å²) < 4.78 is 0. The summed E-state index contributed by atoms with van der Waals surface area (Å²) in [7, 11) is 0. The lowest BCUT2D eigenvalue weighted by Crippen LogP contribution is -2.25. The third-order valence-corrected chi connectivity index (χ3v) is 4.23. The molecule has 2 heterocycles. The van der Waals surface area contributed by atoms with Crippen molar-refractivity contribution in [1.29, 1.82) is 0 Å². The Morgan fingerprint density at radius 3 is 2.24 bits per heavy atom. The second kappa shape index (κ2) is 4.77. The summed E-state index contributed by atoms with van der Waals surface area (Å²) in [6.07, 6.45) is 0. The van der Waals surface area contributed by atoms with Crippen LogP contribution in [0.4, 0.5) is 0 Å². The van der Waals surface area contributed by atoms with Gasteiger partial charge in [-0.05, 0) is 48.7 Å². The maximum Gasteiger partial charge on any atom is 0.0424 e. The molecule has 1 aromatic rings. The molecule has 2 fully saturated rings. The van der Waals surface area contributed by atoms with E-state index in [-0.39, 0.29) is 0 Å². The molecule has 0 bridgehead atoms. The van der Waals surface area contributed by atoms with Crippen molar-refractivity contribution in [2.45, 2.75) is 6.54 Å². The highest BCUT2D eigenvalue weighted by Gasteiger charge is 2.35. The van der Waals surface area contributed by atoms with Crippen LogP contribution in [0.5, 0.6) is 0 Å². The van der Waals surface area contributed by atoms with E-state index in [1.807, 2.05) is 12.1 Å². The van der Waals surface area contributed by atoms with Gasteiger partial charge in [0, 0.05) is 29.7 Å². The highest BCUT2D eigenvalue weighted by Crippen LogP contribution is 2.28. The van der Waals surface area contributed by atoms with Crippen molar-refractivity contribution in [3.05, 3.63) is 33.8 Å². The van der Waals surface area contributed by atoms with Crippen LogP contribution in [0.25, 0.3) is 0 Å². The standard InChI is InChI=1S/C13H16Cl2N2/c14-12-1-9(2-13(15)3-12)6-17-7-10-4-16-5-11(10)8-17/h1-3,10-11,16H,4-8H2. The van der Waals surface area contributed by atoms with E-state index in [1.165, 1.54) is 31.7 Å². The van der Waals surface area contributed by atoms with E-state index in [0.29, 0.717) is 0 Å². The minimum Gasteiger partial charge on any atom is -0.316 e. The van der Waals surface area contributed by atoms with Gasteiger partial charge in [0.1, 0.15) is 0 Å². The lowest BCUT2D eigenvalue weighted by atomic mass is 10.0. The zero-order valence-corrected chi connectivity index (χ0v) is 11.1. The zero-order chi connectivity index (χ0) is 11.8. The number of rotatable bonds is 2. The SMILES string of the molecule is Clc1cc(Cl)cc(CN2CC3CNCC3C2)c1. The number of likely N-dealkylation sites (tertiary alicyclic amines) is 1. The molecule has 3 rings (SSSR count). The van der Waals surface area contributed by atoms with E-state index < -0.39 is 0 Å². The average Bonchev–Trinajstić information content (AvgIpc) is 2.75. The lowest BCUT2D eigenvalue weighted by Gasteiger charge is -2.17. The Morgan fingerprint density at radius 1 is 1.06 bits per heavy atom. The van der Waals surface area contributed by atoms with Gasteiger partial charge in [-0.3, -0.25) is 4.90 Å². The average molecular weight is 271 g/mol. The molecule has 4 heteroatoms. The van der Waals surface area contributed by atoms with E-state index in [2.05, 4.69) is 10.2 Å². The van der Waals surface area contributed by atoms with E-state index in [9.17, 15) is 0 Å². The third-order valence-electron chi connectivity index (χ3n) is 3.79. The zero-order valence-electron chi connectivity index (χ0n) is 9.63. The molecule has 0 amide bonds. The molecular weight excluding hydrogens is 255 g/mol. The molecule has 92 valence electrons. The first-order valence-electron chi connectivity index (χ1n) is 6.09. The van der Waals surface area contributed by atoms with Crippen LogP contribution in [0.15, 0.2) is 18.2 Å². The van der Waals surface area contributed by atoms with Crippen LogP contribution in [-0.4, -0.2) is 31.1 Å². The number of hydrogen-bond acceptors (Lipinski definition) is 2. The third kappa shape index (κ3) is 2.60. The van der Waals surface area contributed by atoms with Gasteiger partial charge in [-0.15, -0.1) is 0 Å². The maximum absolute atomic E-state index is 6.02. The fourth-order valence-electron chi connectivity index (χ4n) is 3.04. The van der Waals surface area contributed by atoms with Crippen LogP contribution in [-0.2, 0) is 6.54 Å². The number of halogens is 2. The van der Waals surface area contributed by atoms with E-state index in [0.717, 1.165) is 28.4 Å². The number of nitrogens with zero attached hydrogens (tertiary/aromatic N) is 1. The molecule has 1 N–H and O–H groups in total. The molecule has 0 aliphatic carbocycles. The molecule has 1 aromatic carbocycles. The fraction of sp³-hybridized carbons (Fsp3) is 0.538. The molecule has 17 heavy (non-hydrogen) atoms. The minimum absolute atomic E-state index is 0.730. The number of fused-ring (bicyclic) bond motifs is 1. The summed E-state index contributed by atoms with van der Waals surface area (Å²) >= 11 is 12.0. The highest BCUT2D eigenvalue weighted by atomic mass is 35.5. The van der Waals surface area contributed by atoms with Crippen LogP contribution in [0, 0.1) is 11.8 Å². The molecule has 2 unspecified atom stereocenters.